The average Bonchev–Trinajstić information content (AvgIpc) is 2.62. The van der Waals surface area contributed by atoms with Gasteiger partial charge in [-0.3, -0.25) is 0 Å². The zero-order valence-corrected chi connectivity index (χ0v) is 14.3. The van der Waals surface area contributed by atoms with Crippen LogP contribution in [0.4, 0.5) is 5.82 Å². The molecule has 3 heteroatoms. The van der Waals surface area contributed by atoms with E-state index in [-0.39, 0.29) is 0 Å². The SMILES string of the molecule is CCCCCc1cc2c(-c3cccc(CN)c3)cccc2nc1N. The number of unbranched alkanes of at least 4 members (excludes halogenated alkanes) is 2. The highest BCUT2D eigenvalue weighted by atomic mass is 14.8. The van der Waals surface area contributed by atoms with E-state index >= 15 is 0 Å². The van der Waals surface area contributed by atoms with Gasteiger partial charge in [-0.2, -0.15) is 0 Å². The quantitative estimate of drug-likeness (QED) is 0.649. The lowest BCUT2D eigenvalue weighted by molar-refractivity contribution is 0.718. The van der Waals surface area contributed by atoms with Crippen molar-refractivity contribution in [3.05, 3.63) is 59.7 Å². The molecule has 1 heterocycles. The number of anilines is 1. The van der Waals surface area contributed by atoms with Gasteiger partial charge < -0.3 is 11.5 Å². The molecule has 124 valence electrons. The number of pyridine rings is 1. The Labute approximate surface area is 143 Å². The fourth-order valence-corrected chi connectivity index (χ4v) is 3.14. The van der Waals surface area contributed by atoms with Crippen molar-refractivity contribution >= 4 is 16.7 Å². The average molecular weight is 319 g/mol. The summed E-state index contributed by atoms with van der Waals surface area (Å²) in [5, 5.41) is 1.16. The fraction of sp³-hybridized carbons (Fsp3) is 0.286. The fourth-order valence-electron chi connectivity index (χ4n) is 3.14. The first-order valence-electron chi connectivity index (χ1n) is 8.70. The first-order chi connectivity index (χ1) is 11.7. The van der Waals surface area contributed by atoms with E-state index in [1.165, 1.54) is 24.0 Å². The summed E-state index contributed by atoms with van der Waals surface area (Å²) in [4.78, 5) is 4.64. The number of fused-ring (bicyclic) bond motifs is 1. The van der Waals surface area contributed by atoms with Gasteiger partial charge in [-0.1, -0.05) is 50.1 Å². The maximum absolute atomic E-state index is 6.18. The Bertz CT molecular complexity index is 840. The molecule has 24 heavy (non-hydrogen) atoms. The Morgan fingerprint density at radius 2 is 1.83 bits per heavy atom. The zero-order valence-electron chi connectivity index (χ0n) is 14.3. The van der Waals surface area contributed by atoms with Gasteiger partial charge in [0, 0.05) is 11.9 Å². The lowest BCUT2D eigenvalue weighted by Gasteiger charge is -2.11. The topological polar surface area (TPSA) is 64.9 Å². The van der Waals surface area contributed by atoms with E-state index in [1.807, 2.05) is 12.1 Å². The molecule has 0 aliphatic carbocycles. The molecule has 0 bridgehead atoms. The van der Waals surface area contributed by atoms with Gasteiger partial charge in [0.25, 0.3) is 0 Å². The number of hydrogen-bond acceptors (Lipinski definition) is 3. The molecule has 3 aromatic rings. The van der Waals surface area contributed by atoms with Crippen LogP contribution in [-0.2, 0) is 13.0 Å². The highest BCUT2D eigenvalue weighted by Gasteiger charge is 2.09. The van der Waals surface area contributed by atoms with E-state index in [4.69, 9.17) is 11.5 Å². The Hall–Kier alpha value is -2.39. The van der Waals surface area contributed by atoms with Crippen molar-refractivity contribution in [1.29, 1.82) is 0 Å². The van der Waals surface area contributed by atoms with Crippen molar-refractivity contribution in [2.75, 3.05) is 5.73 Å². The van der Waals surface area contributed by atoms with Crippen LogP contribution in [0.2, 0.25) is 0 Å². The van der Waals surface area contributed by atoms with E-state index in [1.54, 1.807) is 0 Å². The van der Waals surface area contributed by atoms with Gasteiger partial charge in [-0.25, -0.2) is 4.98 Å². The molecule has 0 spiro atoms. The van der Waals surface area contributed by atoms with E-state index in [0.717, 1.165) is 34.9 Å². The molecular weight excluding hydrogens is 294 g/mol. The number of hydrogen-bond donors (Lipinski definition) is 2. The van der Waals surface area contributed by atoms with Crippen LogP contribution in [0.5, 0.6) is 0 Å². The molecule has 0 atom stereocenters. The summed E-state index contributed by atoms with van der Waals surface area (Å²) in [5.41, 5.74) is 17.6. The second-order valence-electron chi connectivity index (χ2n) is 6.27. The zero-order chi connectivity index (χ0) is 16.9. The second kappa shape index (κ2) is 7.45. The predicted octanol–water partition coefficient (Wildman–Crippen LogP) is 4.68. The molecule has 2 aromatic carbocycles. The maximum Gasteiger partial charge on any atom is 0.127 e. The van der Waals surface area contributed by atoms with Crippen LogP contribution in [0, 0.1) is 0 Å². The van der Waals surface area contributed by atoms with Crippen LogP contribution >= 0.6 is 0 Å². The molecule has 3 nitrogen and oxygen atoms in total. The van der Waals surface area contributed by atoms with Gasteiger partial charge in [0.05, 0.1) is 5.52 Å². The second-order valence-corrected chi connectivity index (χ2v) is 6.27. The molecule has 0 aliphatic rings. The first-order valence-corrected chi connectivity index (χ1v) is 8.70. The molecule has 0 radical (unpaired) electrons. The maximum atomic E-state index is 6.18. The van der Waals surface area contributed by atoms with E-state index in [0.29, 0.717) is 12.4 Å². The Balaban J connectivity index is 2.09. The van der Waals surface area contributed by atoms with Crippen molar-refractivity contribution in [1.82, 2.24) is 4.98 Å². The van der Waals surface area contributed by atoms with Crippen molar-refractivity contribution in [2.45, 2.75) is 39.2 Å². The third-order valence-electron chi connectivity index (χ3n) is 4.49. The minimum absolute atomic E-state index is 0.548. The minimum Gasteiger partial charge on any atom is -0.383 e. The van der Waals surface area contributed by atoms with Gasteiger partial charge >= 0.3 is 0 Å². The number of aromatic nitrogens is 1. The Kier molecular flexibility index (Phi) is 5.11. The van der Waals surface area contributed by atoms with Crippen LogP contribution in [0.3, 0.4) is 0 Å². The third kappa shape index (κ3) is 3.41. The van der Waals surface area contributed by atoms with Crippen molar-refractivity contribution in [2.24, 2.45) is 5.73 Å². The van der Waals surface area contributed by atoms with Gasteiger partial charge in [-0.05, 0) is 53.3 Å². The Morgan fingerprint density at radius 1 is 1.00 bits per heavy atom. The van der Waals surface area contributed by atoms with E-state index < -0.39 is 0 Å². The van der Waals surface area contributed by atoms with Crippen LogP contribution in [0.15, 0.2) is 48.5 Å². The lowest BCUT2D eigenvalue weighted by Crippen LogP contribution is -2.00. The van der Waals surface area contributed by atoms with Gasteiger partial charge in [0.15, 0.2) is 0 Å². The van der Waals surface area contributed by atoms with E-state index in [9.17, 15) is 0 Å². The highest BCUT2D eigenvalue weighted by molar-refractivity contribution is 5.96. The molecule has 3 rings (SSSR count). The number of aryl methyl sites for hydroxylation is 1. The standard InChI is InChI=1S/C21H25N3/c1-2-3-4-8-17-13-19-18(10-6-11-20(19)24-21(17)23)16-9-5-7-15(12-16)14-22/h5-7,9-13H,2-4,8,14,22H2,1H3,(H2,23,24). The molecule has 0 saturated carbocycles. The smallest absolute Gasteiger partial charge is 0.127 e. The number of rotatable bonds is 6. The van der Waals surface area contributed by atoms with Gasteiger partial charge in [0.2, 0.25) is 0 Å². The molecular formula is C21H25N3. The van der Waals surface area contributed by atoms with Gasteiger partial charge in [0.1, 0.15) is 5.82 Å². The molecule has 0 fully saturated rings. The highest BCUT2D eigenvalue weighted by Crippen LogP contribution is 2.31. The van der Waals surface area contributed by atoms with Crippen molar-refractivity contribution < 1.29 is 0 Å². The van der Waals surface area contributed by atoms with Gasteiger partial charge in [-0.15, -0.1) is 0 Å². The number of nitrogens with zero attached hydrogens (tertiary/aromatic N) is 1. The first kappa shape index (κ1) is 16.5. The van der Waals surface area contributed by atoms with E-state index in [2.05, 4.69) is 48.3 Å². The largest absolute Gasteiger partial charge is 0.383 e. The number of benzene rings is 2. The minimum atomic E-state index is 0.548. The molecule has 1 aromatic heterocycles. The summed E-state index contributed by atoms with van der Waals surface area (Å²) in [5.74, 6) is 0.659. The summed E-state index contributed by atoms with van der Waals surface area (Å²) < 4.78 is 0. The summed E-state index contributed by atoms with van der Waals surface area (Å²) in [7, 11) is 0. The summed E-state index contributed by atoms with van der Waals surface area (Å²) in [6, 6.07) is 16.8. The Morgan fingerprint density at radius 3 is 2.62 bits per heavy atom. The third-order valence-corrected chi connectivity index (χ3v) is 4.49. The van der Waals surface area contributed by atoms with Crippen LogP contribution in [0.25, 0.3) is 22.0 Å². The normalized spacial score (nSPS) is 11.1. The van der Waals surface area contributed by atoms with Crippen molar-refractivity contribution in [3.63, 3.8) is 0 Å². The monoisotopic (exact) mass is 319 g/mol. The number of nitrogens with two attached hydrogens (primary N) is 2. The van der Waals surface area contributed by atoms with Crippen LogP contribution in [-0.4, -0.2) is 4.98 Å². The lowest BCUT2D eigenvalue weighted by atomic mass is 9.97. The molecule has 0 amide bonds. The van der Waals surface area contributed by atoms with Crippen LogP contribution < -0.4 is 11.5 Å². The molecule has 0 aliphatic heterocycles. The summed E-state index contributed by atoms with van der Waals surface area (Å²) >= 11 is 0. The molecule has 0 saturated heterocycles. The molecule has 0 unspecified atom stereocenters. The predicted molar refractivity (Wildman–Crippen MR) is 103 cm³/mol. The van der Waals surface area contributed by atoms with Crippen LogP contribution in [0.1, 0.15) is 37.3 Å². The molecule has 4 N–H and O–H groups in total. The van der Waals surface area contributed by atoms with Crippen molar-refractivity contribution in [3.8, 4) is 11.1 Å². The number of nitrogen functional groups attached to an aromatic ring is 1. The summed E-state index contributed by atoms with van der Waals surface area (Å²) in [6.07, 6.45) is 4.56. The summed E-state index contributed by atoms with van der Waals surface area (Å²) in [6.45, 7) is 2.76.